The molecule has 0 amide bonds. The molecule has 1 heterocycles. The number of hydrogen-bond donors (Lipinski definition) is 2. The molecule has 92 valence electrons. The van der Waals surface area contributed by atoms with Crippen LogP contribution < -0.4 is 0 Å². The highest BCUT2D eigenvalue weighted by atomic mass is 16.5. The van der Waals surface area contributed by atoms with Crippen molar-refractivity contribution in [1.82, 2.24) is 0 Å². The van der Waals surface area contributed by atoms with Gasteiger partial charge in [-0.05, 0) is 31.2 Å². The van der Waals surface area contributed by atoms with Crippen molar-refractivity contribution >= 4 is 5.97 Å². The van der Waals surface area contributed by atoms with E-state index in [1.54, 1.807) is 37.3 Å². The summed E-state index contributed by atoms with van der Waals surface area (Å²) < 4.78 is 5.58. The molecular formula is C13H12N2O3. The Morgan fingerprint density at radius 3 is 2.56 bits per heavy atom. The highest BCUT2D eigenvalue weighted by Crippen LogP contribution is 2.34. The molecule has 18 heavy (non-hydrogen) atoms. The maximum Gasteiger partial charge on any atom is 0.335 e. The number of nitrogens with one attached hydrogen (secondary N) is 1. The summed E-state index contributed by atoms with van der Waals surface area (Å²) in [6, 6.07) is 6.14. The monoisotopic (exact) mass is 244 g/mol. The fourth-order valence-electron chi connectivity index (χ4n) is 1.76. The number of aromatic carboxylic acids is 1. The topological polar surface area (TPSA) is 82.7 Å². The summed E-state index contributed by atoms with van der Waals surface area (Å²) in [6.45, 7) is 1.77. The number of carboxylic acid groups (broad SMARTS) is 1. The smallest absolute Gasteiger partial charge is 0.335 e. The fourth-order valence-corrected chi connectivity index (χ4v) is 1.76. The Labute approximate surface area is 104 Å². The van der Waals surface area contributed by atoms with Gasteiger partial charge in [0, 0.05) is 5.56 Å². The first-order valence-electron chi connectivity index (χ1n) is 5.35. The SMILES string of the molecule is CC1=CC=CC(N=N)(c2ccc(C(=O)O)cc2)O1. The van der Waals surface area contributed by atoms with Crippen LogP contribution in [0.25, 0.3) is 0 Å². The second-order valence-electron chi connectivity index (χ2n) is 3.93. The third-order valence-corrected chi connectivity index (χ3v) is 2.68. The average molecular weight is 244 g/mol. The lowest BCUT2D eigenvalue weighted by Gasteiger charge is -2.28. The molecule has 0 spiro atoms. The van der Waals surface area contributed by atoms with Crippen molar-refractivity contribution in [2.75, 3.05) is 0 Å². The zero-order chi connectivity index (χ0) is 13.2. The highest BCUT2D eigenvalue weighted by molar-refractivity contribution is 5.87. The predicted octanol–water partition coefficient (Wildman–Crippen LogP) is 3.06. The second kappa shape index (κ2) is 4.44. The van der Waals surface area contributed by atoms with E-state index in [0.29, 0.717) is 11.3 Å². The van der Waals surface area contributed by atoms with E-state index in [-0.39, 0.29) is 5.56 Å². The molecule has 2 rings (SSSR count). The van der Waals surface area contributed by atoms with Gasteiger partial charge in [-0.15, -0.1) is 5.11 Å². The van der Waals surface area contributed by atoms with E-state index in [4.69, 9.17) is 15.4 Å². The molecule has 1 atom stereocenters. The first-order chi connectivity index (χ1) is 8.57. The lowest BCUT2D eigenvalue weighted by atomic mass is 10.00. The van der Waals surface area contributed by atoms with Crippen LogP contribution in [0.3, 0.4) is 0 Å². The van der Waals surface area contributed by atoms with E-state index in [1.165, 1.54) is 12.1 Å². The van der Waals surface area contributed by atoms with Gasteiger partial charge in [-0.2, -0.15) is 0 Å². The van der Waals surface area contributed by atoms with Crippen LogP contribution in [0, 0.1) is 5.53 Å². The summed E-state index contributed by atoms with van der Waals surface area (Å²) in [5.41, 5.74) is 6.93. The van der Waals surface area contributed by atoms with Crippen molar-refractivity contribution in [2.24, 2.45) is 5.11 Å². The number of hydrogen-bond acceptors (Lipinski definition) is 4. The Balaban J connectivity index is 2.40. The predicted molar refractivity (Wildman–Crippen MR) is 64.2 cm³/mol. The van der Waals surface area contributed by atoms with Crippen molar-refractivity contribution < 1.29 is 14.6 Å². The van der Waals surface area contributed by atoms with Gasteiger partial charge in [0.25, 0.3) is 5.72 Å². The minimum absolute atomic E-state index is 0.186. The maximum atomic E-state index is 10.8. The quantitative estimate of drug-likeness (QED) is 0.801. The van der Waals surface area contributed by atoms with Crippen molar-refractivity contribution in [2.45, 2.75) is 12.6 Å². The molecule has 1 aliphatic rings. The fraction of sp³-hybridized carbons (Fsp3) is 0.154. The van der Waals surface area contributed by atoms with E-state index in [1.807, 2.05) is 0 Å². The first kappa shape index (κ1) is 12.0. The molecule has 0 bridgehead atoms. The van der Waals surface area contributed by atoms with Crippen LogP contribution in [0.5, 0.6) is 0 Å². The Morgan fingerprint density at radius 2 is 2.06 bits per heavy atom. The van der Waals surface area contributed by atoms with Crippen LogP contribution >= 0.6 is 0 Å². The van der Waals surface area contributed by atoms with E-state index < -0.39 is 11.7 Å². The largest absolute Gasteiger partial charge is 0.478 e. The third kappa shape index (κ3) is 2.02. The van der Waals surface area contributed by atoms with Gasteiger partial charge in [0.2, 0.25) is 0 Å². The molecule has 1 unspecified atom stereocenters. The van der Waals surface area contributed by atoms with Crippen LogP contribution in [0.4, 0.5) is 0 Å². The molecule has 1 aromatic carbocycles. The van der Waals surface area contributed by atoms with Crippen LogP contribution in [0.1, 0.15) is 22.8 Å². The number of ether oxygens (including phenoxy) is 1. The minimum Gasteiger partial charge on any atom is -0.478 e. The van der Waals surface area contributed by atoms with Gasteiger partial charge in [-0.3, -0.25) is 0 Å². The molecular weight excluding hydrogens is 232 g/mol. The van der Waals surface area contributed by atoms with Gasteiger partial charge in [0.15, 0.2) is 0 Å². The summed E-state index contributed by atoms with van der Waals surface area (Å²) in [5, 5.41) is 12.4. The zero-order valence-electron chi connectivity index (χ0n) is 9.75. The normalized spacial score (nSPS) is 21.9. The van der Waals surface area contributed by atoms with Gasteiger partial charge in [-0.1, -0.05) is 18.2 Å². The van der Waals surface area contributed by atoms with E-state index in [0.717, 1.165) is 0 Å². The molecule has 0 saturated heterocycles. The lowest BCUT2D eigenvalue weighted by molar-refractivity contribution is 0.0381. The van der Waals surface area contributed by atoms with Crippen molar-refractivity contribution in [1.29, 1.82) is 5.53 Å². The van der Waals surface area contributed by atoms with Crippen molar-refractivity contribution in [3.63, 3.8) is 0 Å². The molecule has 0 aromatic heterocycles. The number of allylic oxidation sites excluding steroid dienone is 3. The second-order valence-corrected chi connectivity index (χ2v) is 3.93. The Morgan fingerprint density at radius 1 is 1.39 bits per heavy atom. The van der Waals surface area contributed by atoms with Crippen LogP contribution in [-0.4, -0.2) is 11.1 Å². The van der Waals surface area contributed by atoms with E-state index in [9.17, 15) is 4.79 Å². The first-order valence-corrected chi connectivity index (χ1v) is 5.35. The lowest BCUT2D eigenvalue weighted by Crippen LogP contribution is -2.25. The standard InChI is InChI=1S/C13H12N2O3/c1-9-3-2-8-13(15-14,18-9)11-6-4-10(5-7-11)12(16)17/h2-8,14H,1H3,(H,16,17). The number of nitrogens with zero attached hydrogens (tertiary/aromatic N) is 1. The zero-order valence-corrected chi connectivity index (χ0v) is 9.75. The van der Waals surface area contributed by atoms with Gasteiger partial charge < -0.3 is 9.84 Å². The molecule has 2 N–H and O–H groups in total. The Hall–Kier alpha value is -2.43. The maximum absolute atomic E-state index is 10.8. The van der Waals surface area contributed by atoms with Crippen LogP contribution in [0.2, 0.25) is 0 Å². The van der Waals surface area contributed by atoms with Crippen molar-refractivity contribution in [3.8, 4) is 0 Å². The number of carbonyl (C=O) groups is 1. The molecule has 1 aliphatic heterocycles. The van der Waals surface area contributed by atoms with Gasteiger partial charge >= 0.3 is 5.97 Å². The Bertz CT molecular complexity index is 546. The molecule has 5 heteroatoms. The van der Waals surface area contributed by atoms with Gasteiger partial charge in [0.1, 0.15) is 0 Å². The van der Waals surface area contributed by atoms with Gasteiger partial charge in [-0.25, -0.2) is 10.3 Å². The molecule has 5 nitrogen and oxygen atoms in total. The minimum atomic E-state index is -1.18. The Kier molecular flexibility index (Phi) is 2.97. The van der Waals surface area contributed by atoms with E-state index >= 15 is 0 Å². The van der Waals surface area contributed by atoms with Crippen LogP contribution in [0.15, 0.2) is 53.4 Å². The van der Waals surface area contributed by atoms with Crippen molar-refractivity contribution in [3.05, 3.63) is 59.4 Å². The van der Waals surface area contributed by atoms with Crippen LogP contribution in [-0.2, 0) is 10.5 Å². The molecule has 0 radical (unpaired) electrons. The molecule has 0 fully saturated rings. The summed E-state index contributed by atoms with van der Waals surface area (Å²) in [5.74, 6) is -0.342. The average Bonchev–Trinajstić information content (AvgIpc) is 2.38. The summed E-state index contributed by atoms with van der Waals surface area (Å²) in [7, 11) is 0. The molecule has 1 aromatic rings. The van der Waals surface area contributed by atoms with E-state index in [2.05, 4.69) is 5.11 Å². The number of rotatable bonds is 3. The number of benzene rings is 1. The summed E-state index contributed by atoms with van der Waals surface area (Å²) >= 11 is 0. The highest BCUT2D eigenvalue weighted by Gasteiger charge is 2.33. The van der Waals surface area contributed by atoms with Gasteiger partial charge in [0.05, 0.1) is 11.3 Å². The molecule has 0 aliphatic carbocycles. The molecule has 0 saturated carbocycles. The summed E-state index contributed by atoms with van der Waals surface area (Å²) in [4.78, 5) is 10.8. The third-order valence-electron chi connectivity index (χ3n) is 2.68. The number of carboxylic acids is 1. The summed E-state index contributed by atoms with van der Waals surface area (Å²) in [6.07, 6.45) is 5.19.